The number of hydrogen-bond donors (Lipinski definition) is 1. The molecular formula is C11H21N3O3S. The first-order valence-corrected chi connectivity index (χ1v) is 7.41. The van der Waals surface area contributed by atoms with Gasteiger partial charge in [-0.3, -0.25) is 0 Å². The molecule has 0 aromatic carbocycles. The number of aliphatic hydroxyl groups excluding tert-OH is 1. The lowest BCUT2D eigenvalue weighted by molar-refractivity contribution is 0.171. The van der Waals surface area contributed by atoms with Crippen molar-refractivity contribution in [3.63, 3.8) is 0 Å². The molecular weight excluding hydrogens is 254 g/mol. The van der Waals surface area contributed by atoms with E-state index >= 15 is 0 Å². The fraction of sp³-hybridized carbons (Fsp3) is 0.727. The quantitative estimate of drug-likeness (QED) is 0.825. The zero-order valence-electron chi connectivity index (χ0n) is 11.3. The zero-order chi connectivity index (χ0) is 13.9. The fourth-order valence-corrected chi connectivity index (χ4v) is 2.94. The van der Waals surface area contributed by atoms with Gasteiger partial charge in [0.1, 0.15) is 5.82 Å². The number of imidazole rings is 1. The third-order valence-electron chi connectivity index (χ3n) is 2.61. The van der Waals surface area contributed by atoms with Gasteiger partial charge in [-0.2, -0.15) is 4.31 Å². The normalized spacial score (nSPS) is 14.1. The molecule has 1 rings (SSSR count). The van der Waals surface area contributed by atoms with Crippen molar-refractivity contribution in [1.29, 1.82) is 0 Å². The Hall–Kier alpha value is -0.920. The van der Waals surface area contributed by atoms with E-state index in [1.807, 2.05) is 11.5 Å². The van der Waals surface area contributed by atoms with Crippen LogP contribution in [0.25, 0.3) is 0 Å². The van der Waals surface area contributed by atoms with Gasteiger partial charge in [0.2, 0.25) is 0 Å². The maximum Gasteiger partial charge on any atom is 0.261 e. The highest BCUT2D eigenvalue weighted by Gasteiger charge is 2.25. The van der Waals surface area contributed by atoms with E-state index < -0.39 is 16.1 Å². The summed E-state index contributed by atoms with van der Waals surface area (Å²) in [7, 11) is -2.17. The molecule has 7 heteroatoms. The zero-order valence-corrected chi connectivity index (χ0v) is 12.1. The smallest absolute Gasteiger partial charge is 0.261 e. The molecule has 0 aliphatic heterocycles. The molecule has 0 saturated heterocycles. The minimum atomic E-state index is -3.61. The lowest BCUT2D eigenvalue weighted by atomic mass is 10.4. The van der Waals surface area contributed by atoms with Crippen LogP contribution >= 0.6 is 0 Å². The molecule has 6 nitrogen and oxygen atoms in total. The second-order valence-corrected chi connectivity index (χ2v) is 6.45. The highest BCUT2D eigenvalue weighted by molar-refractivity contribution is 7.89. The predicted molar refractivity (Wildman–Crippen MR) is 68.8 cm³/mol. The minimum absolute atomic E-state index is 0.0385. The lowest BCUT2D eigenvalue weighted by Gasteiger charge is -2.16. The Morgan fingerprint density at radius 3 is 2.67 bits per heavy atom. The van der Waals surface area contributed by atoms with Crippen LogP contribution in [0.1, 0.15) is 26.1 Å². The summed E-state index contributed by atoms with van der Waals surface area (Å²) in [6.45, 7) is 6.15. The van der Waals surface area contributed by atoms with Crippen molar-refractivity contribution in [3.8, 4) is 0 Å². The molecule has 18 heavy (non-hydrogen) atoms. The molecule has 0 saturated carbocycles. The Bertz CT molecular complexity index is 494. The van der Waals surface area contributed by atoms with Crippen molar-refractivity contribution >= 4 is 10.0 Å². The molecule has 0 radical (unpaired) electrons. The van der Waals surface area contributed by atoms with Gasteiger partial charge in [0, 0.05) is 26.3 Å². The monoisotopic (exact) mass is 275 g/mol. The third kappa shape index (κ3) is 3.30. The van der Waals surface area contributed by atoms with Crippen LogP contribution in [0.4, 0.5) is 0 Å². The van der Waals surface area contributed by atoms with Gasteiger partial charge in [0.15, 0.2) is 5.03 Å². The van der Waals surface area contributed by atoms with Crippen molar-refractivity contribution < 1.29 is 13.5 Å². The summed E-state index contributed by atoms with van der Waals surface area (Å²) in [6.07, 6.45) is 1.76. The lowest BCUT2D eigenvalue weighted by Crippen LogP contribution is -2.33. The van der Waals surface area contributed by atoms with Gasteiger partial charge in [-0.25, -0.2) is 13.4 Å². The Kier molecular flexibility index (Phi) is 4.89. The van der Waals surface area contributed by atoms with Gasteiger partial charge >= 0.3 is 0 Å². The summed E-state index contributed by atoms with van der Waals surface area (Å²) in [5, 5.41) is 9.28. The van der Waals surface area contributed by atoms with Crippen molar-refractivity contribution in [3.05, 3.63) is 12.0 Å². The van der Waals surface area contributed by atoms with E-state index in [1.54, 1.807) is 20.0 Å². The second-order valence-electron chi connectivity index (χ2n) is 4.45. The molecule has 0 spiro atoms. The number of rotatable bonds is 6. The molecule has 0 amide bonds. The maximum atomic E-state index is 12.2. The van der Waals surface area contributed by atoms with Crippen LogP contribution in [0, 0.1) is 6.92 Å². The molecule has 1 unspecified atom stereocenters. The van der Waals surface area contributed by atoms with E-state index in [2.05, 4.69) is 4.98 Å². The van der Waals surface area contributed by atoms with E-state index in [9.17, 15) is 13.5 Å². The largest absolute Gasteiger partial charge is 0.392 e. The van der Waals surface area contributed by atoms with Gasteiger partial charge < -0.3 is 9.67 Å². The van der Waals surface area contributed by atoms with E-state index in [0.717, 1.165) is 17.3 Å². The third-order valence-corrected chi connectivity index (χ3v) is 4.31. The molecule has 1 atom stereocenters. The first-order valence-electron chi connectivity index (χ1n) is 5.97. The summed E-state index contributed by atoms with van der Waals surface area (Å²) in [4.78, 5) is 4.08. The molecule has 104 valence electrons. The minimum Gasteiger partial charge on any atom is -0.392 e. The maximum absolute atomic E-state index is 12.2. The van der Waals surface area contributed by atoms with Gasteiger partial charge in [0.05, 0.1) is 6.10 Å². The van der Waals surface area contributed by atoms with Crippen LogP contribution in [0.15, 0.2) is 11.2 Å². The van der Waals surface area contributed by atoms with Crippen molar-refractivity contribution in [2.24, 2.45) is 0 Å². The van der Waals surface area contributed by atoms with Crippen LogP contribution in [0.2, 0.25) is 0 Å². The topological polar surface area (TPSA) is 75.4 Å². The summed E-state index contributed by atoms with van der Waals surface area (Å²) in [6, 6.07) is 0. The van der Waals surface area contributed by atoms with Crippen molar-refractivity contribution in [1.82, 2.24) is 13.9 Å². The average molecular weight is 275 g/mol. The number of aliphatic hydroxyl groups is 1. The molecule has 0 bridgehead atoms. The van der Waals surface area contributed by atoms with Gasteiger partial charge in [-0.05, 0) is 20.3 Å². The second kappa shape index (κ2) is 5.81. The first kappa shape index (κ1) is 15.1. The predicted octanol–water partition coefficient (Wildman–Crippen LogP) is 0.603. The van der Waals surface area contributed by atoms with Gasteiger partial charge in [-0.1, -0.05) is 6.92 Å². The molecule has 0 aliphatic carbocycles. The highest BCUT2D eigenvalue weighted by atomic mass is 32.2. The summed E-state index contributed by atoms with van der Waals surface area (Å²) in [5.41, 5.74) is 0. The number of hydrogen-bond acceptors (Lipinski definition) is 4. The van der Waals surface area contributed by atoms with E-state index in [4.69, 9.17) is 0 Å². The van der Waals surface area contributed by atoms with E-state index in [1.165, 1.54) is 7.05 Å². The van der Waals surface area contributed by atoms with Crippen LogP contribution in [0.5, 0.6) is 0 Å². The number of nitrogens with zero attached hydrogens (tertiary/aromatic N) is 3. The molecule has 1 N–H and O–H groups in total. The first-order chi connectivity index (χ1) is 8.28. The van der Waals surface area contributed by atoms with Crippen LogP contribution < -0.4 is 0 Å². The highest BCUT2D eigenvalue weighted by Crippen LogP contribution is 2.14. The Morgan fingerprint density at radius 1 is 1.56 bits per heavy atom. The van der Waals surface area contributed by atoms with Crippen molar-refractivity contribution in [2.75, 3.05) is 13.6 Å². The van der Waals surface area contributed by atoms with Crippen LogP contribution in [-0.4, -0.2) is 47.1 Å². The fourth-order valence-electron chi connectivity index (χ4n) is 1.70. The molecule has 1 heterocycles. The van der Waals surface area contributed by atoms with Crippen LogP contribution in [-0.2, 0) is 16.6 Å². The van der Waals surface area contributed by atoms with E-state index in [-0.39, 0.29) is 11.6 Å². The average Bonchev–Trinajstić information content (AvgIpc) is 2.60. The Labute approximate surface area is 108 Å². The number of aromatic nitrogens is 2. The number of sulfonamides is 1. The van der Waals surface area contributed by atoms with Crippen molar-refractivity contribution in [2.45, 2.75) is 44.9 Å². The van der Waals surface area contributed by atoms with Gasteiger partial charge in [0.25, 0.3) is 10.0 Å². The summed E-state index contributed by atoms with van der Waals surface area (Å²) < 4.78 is 27.3. The van der Waals surface area contributed by atoms with E-state index in [0.29, 0.717) is 5.82 Å². The number of likely N-dealkylation sites (N-methyl/N-ethyl adjacent to an activating group) is 1. The number of aryl methyl sites for hydroxylation is 2. The standard InChI is InChI=1S/C11H21N3O3S/c1-5-6-14-8-11(12-10(14)3)18(16,17)13(4)7-9(2)15/h8-9,15H,5-7H2,1-4H3. The molecule has 1 aromatic rings. The SMILES string of the molecule is CCCn1cc(S(=O)(=O)N(C)CC(C)O)nc1C. The van der Waals surface area contributed by atoms with Crippen LogP contribution in [0.3, 0.4) is 0 Å². The molecule has 0 fully saturated rings. The molecule has 0 aliphatic rings. The van der Waals surface area contributed by atoms with Gasteiger partial charge in [-0.15, -0.1) is 0 Å². The Balaban J connectivity index is 3.01. The molecule has 1 aromatic heterocycles. The summed E-state index contributed by atoms with van der Waals surface area (Å²) >= 11 is 0. The Morgan fingerprint density at radius 2 is 2.17 bits per heavy atom. The summed E-state index contributed by atoms with van der Waals surface area (Å²) in [5.74, 6) is 0.681.